The Bertz CT molecular complexity index is 237. The third-order valence-electron chi connectivity index (χ3n) is 2.23. The second kappa shape index (κ2) is 6.28. The molecular weight excluding hydrogens is 210 g/mol. The number of Topliss-reactive ketones (excluding diaryl/α,β-unsaturated/α-hetero) is 1. The van der Waals surface area contributed by atoms with E-state index in [1.165, 1.54) is 11.8 Å². The third kappa shape index (κ3) is 4.34. The highest BCUT2D eigenvalue weighted by Gasteiger charge is 2.36. The number of hydrogen-bond acceptors (Lipinski definition) is 4. The summed E-state index contributed by atoms with van der Waals surface area (Å²) in [6.45, 7) is 7.63. The molecule has 0 rings (SSSR count). The van der Waals surface area contributed by atoms with Gasteiger partial charge in [-0.3, -0.25) is 9.59 Å². The van der Waals surface area contributed by atoms with Crippen LogP contribution in [0.5, 0.6) is 0 Å². The van der Waals surface area contributed by atoms with Crippen molar-refractivity contribution in [3.8, 4) is 0 Å². The van der Waals surface area contributed by atoms with Gasteiger partial charge in [0.25, 0.3) is 0 Å². The first-order valence-electron chi connectivity index (χ1n) is 5.25. The lowest BCUT2D eigenvalue weighted by atomic mass is 9.84. The second-order valence-corrected chi connectivity index (χ2v) is 5.49. The highest BCUT2D eigenvalue weighted by atomic mass is 32.2. The molecule has 0 saturated carbocycles. The van der Waals surface area contributed by atoms with Crippen LogP contribution in [0.1, 0.15) is 34.1 Å². The molecule has 4 heteroatoms. The van der Waals surface area contributed by atoms with E-state index in [-0.39, 0.29) is 16.8 Å². The quantitative estimate of drug-likeness (QED) is 0.560. The molecule has 0 bridgehead atoms. The number of thioether (sulfide) groups is 1. The Balaban J connectivity index is 4.32. The fourth-order valence-corrected chi connectivity index (χ4v) is 2.21. The summed E-state index contributed by atoms with van der Waals surface area (Å²) in [5.74, 6) is 0.608. The van der Waals surface area contributed by atoms with Gasteiger partial charge >= 0.3 is 0 Å². The van der Waals surface area contributed by atoms with Crippen LogP contribution in [0.25, 0.3) is 0 Å². The zero-order valence-corrected chi connectivity index (χ0v) is 10.8. The van der Waals surface area contributed by atoms with Gasteiger partial charge in [0.2, 0.25) is 5.12 Å². The first kappa shape index (κ1) is 14.6. The molecule has 0 aliphatic rings. The molecule has 0 atom stereocenters. The van der Waals surface area contributed by atoms with Gasteiger partial charge in [-0.25, -0.2) is 0 Å². The maximum absolute atomic E-state index is 11.8. The highest BCUT2D eigenvalue weighted by molar-refractivity contribution is 8.13. The van der Waals surface area contributed by atoms with Crippen molar-refractivity contribution in [1.29, 1.82) is 0 Å². The summed E-state index contributed by atoms with van der Waals surface area (Å²) in [5.41, 5.74) is 4.47. The van der Waals surface area contributed by atoms with Crippen LogP contribution in [0.3, 0.4) is 0 Å². The first-order chi connectivity index (χ1) is 6.84. The molecule has 88 valence electrons. The van der Waals surface area contributed by atoms with Gasteiger partial charge in [0, 0.05) is 11.7 Å². The van der Waals surface area contributed by atoms with Crippen molar-refractivity contribution in [1.82, 2.24) is 0 Å². The second-order valence-electron chi connectivity index (χ2n) is 4.42. The molecule has 15 heavy (non-hydrogen) atoms. The Hall–Kier alpha value is -0.350. The number of rotatable bonds is 6. The molecule has 0 heterocycles. The average Bonchev–Trinajstić information content (AvgIpc) is 2.16. The van der Waals surface area contributed by atoms with Gasteiger partial charge in [0.1, 0.15) is 5.78 Å². The van der Waals surface area contributed by atoms with Crippen LogP contribution in [0.2, 0.25) is 0 Å². The summed E-state index contributed by atoms with van der Waals surface area (Å²) in [6.07, 6.45) is 0.808. The molecule has 0 aliphatic heterocycles. The van der Waals surface area contributed by atoms with Gasteiger partial charge in [-0.2, -0.15) is 0 Å². The topological polar surface area (TPSA) is 60.2 Å². The maximum Gasteiger partial charge on any atom is 0.201 e. The molecule has 0 saturated heterocycles. The van der Waals surface area contributed by atoms with Crippen molar-refractivity contribution >= 4 is 22.7 Å². The van der Waals surface area contributed by atoms with E-state index >= 15 is 0 Å². The zero-order valence-electron chi connectivity index (χ0n) is 10.0. The van der Waals surface area contributed by atoms with Crippen molar-refractivity contribution < 1.29 is 9.59 Å². The van der Waals surface area contributed by atoms with Crippen LogP contribution >= 0.6 is 11.8 Å². The minimum Gasteiger partial charge on any atom is -0.330 e. The van der Waals surface area contributed by atoms with Crippen LogP contribution in [0.4, 0.5) is 0 Å². The van der Waals surface area contributed by atoms with Gasteiger partial charge in [-0.05, 0) is 26.8 Å². The summed E-state index contributed by atoms with van der Waals surface area (Å²) in [4.78, 5) is 23.6. The first-order valence-corrected chi connectivity index (χ1v) is 6.24. The Morgan fingerprint density at radius 3 is 2.27 bits per heavy atom. The Kier molecular flexibility index (Phi) is 6.13. The predicted molar refractivity (Wildman–Crippen MR) is 64.8 cm³/mol. The van der Waals surface area contributed by atoms with E-state index in [4.69, 9.17) is 5.73 Å². The highest BCUT2D eigenvalue weighted by Crippen LogP contribution is 2.28. The lowest BCUT2D eigenvalue weighted by molar-refractivity contribution is -0.136. The molecular formula is C11H21NO2S. The molecule has 0 aliphatic carbocycles. The van der Waals surface area contributed by atoms with Crippen LogP contribution < -0.4 is 5.73 Å². The van der Waals surface area contributed by atoms with E-state index in [9.17, 15) is 9.59 Å². The molecule has 0 fully saturated rings. The molecule has 0 amide bonds. The standard InChI is InChI=1S/C11H21NO2S/c1-8(2)9(13)11(3,4)10(14)15-7-5-6-12/h8H,5-7,12H2,1-4H3. The molecule has 3 nitrogen and oxygen atoms in total. The van der Waals surface area contributed by atoms with Crippen molar-refractivity contribution in [2.24, 2.45) is 17.1 Å². The van der Waals surface area contributed by atoms with Crippen molar-refractivity contribution in [2.75, 3.05) is 12.3 Å². The normalized spacial score (nSPS) is 11.9. The third-order valence-corrected chi connectivity index (χ3v) is 3.50. The number of ketones is 1. The average molecular weight is 231 g/mol. The Morgan fingerprint density at radius 2 is 1.87 bits per heavy atom. The lowest BCUT2D eigenvalue weighted by Crippen LogP contribution is -2.35. The minimum absolute atomic E-state index is 0.00717. The van der Waals surface area contributed by atoms with Crippen LogP contribution in [-0.2, 0) is 9.59 Å². The van der Waals surface area contributed by atoms with Crippen LogP contribution in [0.15, 0.2) is 0 Å². The van der Waals surface area contributed by atoms with Gasteiger partial charge in [0.05, 0.1) is 5.41 Å². The van der Waals surface area contributed by atoms with Crippen molar-refractivity contribution in [3.05, 3.63) is 0 Å². The fraction of sp³-hybridized carbons (Fsp3) is 0.818. The molecule has 0 radical (unpaired) electrons. The summed E-state index contributed by atoms with van der Waals surface area (Å²) in [5, 5.41) is -0.0466. The minimum atomic E-state index is -0.868. The summed E-state index contributed by atoms with van der Waals surface area (Å²) >= 11 is 1.21. The number of carbonyl (C=O) groups is 2. The van der Waals surface area contributed by atoms with E-state index in [0.717, 1.165) is 6.42 Å². The molecule has 0 aromatic heterocycles. The molecule has 0 unspecified atom stereocenters. The van der Waals surface area contributed by atoms with Gasteiger partial charge < -0.3 is 5.73 Å². The molecule has 0 aromatic carbocycles. The van der Waals surface area contributed by atoms with E-state index in [1.807, 2.05) is 13.8 Å². The lowest BCUT2D eigenvalue weighted by Gasteiger charge is -2.22. The maximum atomic E-state index is 11.8. The van der Waals surface area contributed by atoms with Crippen LogP contribution in [0, 0.1) is 11.3 Å². The van der Waals surface area contributed by atoms with E-state index in [0.29, 0.717) is 12.3 Å². The molecule has 2 N–H and O–H groups in total. The number of hydrogen-bond donors (Lipinski definition) is 1. The zero-order chi connectivity index (χ0) is 12.1. The monoisotopic (exact) mass is 231 g/mol. The van der Waals surface area contributed by atoms with E-state index in [2.05, 4.69) is 0 Å². The fourth-order valence-electron chi connectivity index (χ4n) is 1.25. The van der Waals surface area contributed by atoms with Crippen molar-refractivity contribution in [2.45, 2.75) is 34.1 Å². The van der Waals surface area contributed by atoms with Gasteiger partial charge in [-0.1, -0.05) is 25.6 Å². The number of nitrogens with two attached hydrogens (primary N) is 1. The number of carbonyl (C=O) groups excluding carboxylic acids is 2. The van der Waals surface area contributed by atoms with Gasteiger partial charge in [-0.15, -0.1) is 0 Å². The summed E-state index contributed by atoms with van der Waals surface area (Å²) in [7, 11) is 0. The van der Waals surface area contributed by atoms with E-state index in [1.54, 1.807) is 13.8 Å². The summed E-state index contributed by atoms with van der Waals surface area (Å²) in [6, 6.07) is 0. The largest absolute Gasteiger partial charge is 0.330 e. The van der Waals surface area contributed by atoms with Crippen LogP contribution in [-0.4, -0.2) is 23.2 Å². The Morgan fingerprint density at radius 1 is 1.33 bits per heavy atom. The van der Waals surface area contributed by atoms with E-state index < -0.39 is 5.41 Å². The Labute approximate surface area is 96.2 Å². The predicted octanol–water partition coefficient (Wildman–Crippen LogP) is 1.85. The van der Waals surface area contributed by atoms with Gasteiger partial charge in [0.15, 0.2) is 0 Å². The summed E-state index contributed by atoms with van der Waals surface area (Å²) < 4.78 is 0. The molecule has 0 aromatic rings. The SMILES string of the molecule is CC(C)C(=O)C(C)(C)C(=O)SCCCN. The van der Waals surface area contributed by atoms with Crippen molar-refractivity contribution in [3.63, 3.8) is 0 Å². The smallest absolute Gasteiger partial charge is 0.201 e. The molecule has 0 spiro atoms.